The molecule has 3 saturated carbocycles. The van der Waals surface area contributed by atoms with E-state index in [4.69, 9.17) is 4.74 Å². The fourth-order valence-electron chi connectivity index (χ4n) is 13.9. The number of allylic oxidation sites excluding steroid dienone is 2. The Morgan fingerprint density at radius 1 is 0.671 bits per heavy atom. The van der Waals surface area contributed by atoms with E-state index in [1.54, 1.807) is 5.57 Å². The molecule has 0 aromatic carbocycles. The van der Waals surface area contributed by atoms with E-state index in [9.17, 15) is 9.59 Å². The minimum atomic E-state index is 0. The summed E-state index contributed by atoms with van der Waals surface area (Å²) >= 11 is 0. The van der Waals surface area contributed by atoms with Crippen molar-refractivity contribution >= 4 is 11.8 Å². The van der Waals surface area contributed by atoms with E-state index < -0.39 is 0 Å². The number of ketones is 1. The van der Waals surface area contributed by atoms with E-state index in [-0.39, 0.29) is 57.4 Å². The molecule has 70 heavy (non-hydrogen) atoms. The number of esters is 1. The van der Waals surface area contributed by atoms with Crippen LogP contribution in [-0.4, -0.2) is 18.4 Å². The van der Waals surface area contributed by atoms with Crippen LogP contribution in [0.5, 0.6) is 0 Å². The van der Waals surface area contributed by atoms with Gasteiger partial charge in [0.15, 0.2) is 0 Å². The second kappa shape index (κ2) is 43.6. The molecule has 4 aliphatic rings. The summed E-state index contributed by atoms with van der Waals surface area (Å²) in [7, 11) is 0. The first-order valence-electron chi connectivity index (χ1n) is 31.4. The van der Waals surface area contributed by atoms with Crippen LogP contribution in [0.2, 0.25) is 0 Å². The van der Waals surface area contributed by atoms with Crippen molar-refractivity contribution in [2.45, 2.75) is 321 Å². The van der Waals surface area contributed by atoms with Crippen molar-refractivity contribution in [3.8, 4) is 0 Å². The average Bonchev–Trinajstić information content (AvgIpc) is 3.71. The third-order valence-electron chi connectivity index (χ3n) is 18.2. The van der Waals surface area contributed by atoms with Gasteiger partial charge in [0.05, 0.1) is 6.61 Å². The van der Waals surface area contributed by atoms with Crippen molar-refractivity contribution in [1.29, 1.82) is 0 Å². The van der Waals surface area contributed by atoms with Crippen LogP contribution in [0.3, 0.4) is 0 Å². The number of carbonyl (C=O) groups is 2. The second-order valence-corrected chi connectivity index (χ2v) is 23.8. The maximum atomic E-state index is 13.2. The molecule has 0 saturated heterocycles. The molecule has 0 aromatic heterocycles. The Hall–Kier alpha value is 0.516. The molecule has 4 aliphatic carbocycles. The van der Waals surface area contributed by atoms with Crippen molar-refractivity contribution in [3.05, 3.63) is 25.0 Å². The Kier molecular flexibility index (Phi) is 43.9. The number of unbranched alkanes of at least 4 members (excludes halogenated alkanes) is 17. The van der Waals surface area contributed by atoms with E-state index >= 15 is 0 Å². The van der Waals surface area contributed by atoms with Crippen LogP contribution in [0.1, 0.15) is 321 Å². The van der Waals surface area contributed by atoms with Gasteiger partial charge in [-0.15, -0.1) is 0 Å². The molecule has 0 amide bonds. The van der Waals surface area contributed by atoms with E-state index in [0.29, 0.717) is 35.6 Å². The molecular weight excluding hydrogens is 880 g/mol. The molecule has 4 rings (SSSR count). The van der Waals surface area contributed by atoms with Crippen LogP contribution in [0, 0.1) is 71.5 Å². The quantitative estimate of drug-likeness (QED) is 0.0209. The van der Waals surface area contributed by atoms with Gasteiger partial charge in [-0.1, -0.05) is 223 Å². The molecule has 3 fully saturated rings. The van der Waals surface area contributed by atoms with Crippen LogP contribution >= 0.6 is 0 Å². The zero-order valence-corrected chi connectivity index (χ0v) is 53.2. The van der Waals surface area contributed by atoms with Gasteiger partial charge >= 0.3 is 57.4 Å². The topological polar surface area (TPSA) is 43.4 Å². The summed E-state index contributed by atoms with van der Waals surface area (Å²) in [6.07, 6.45) is 51.0. The summed E-state index contributed by atoms with van der Waals surface area (Å²) in [6.45, 7) is 31.6. The van der Waals surface area contributed by atoms with E-state index in [2.05, 4.69) is 74.8 Å². The van der Waals surface area contributed by atoms with Gasteiger partial charge in [-0.3, -0.25) is 9.59 Å². The van der Waals surface area contributed by atoms with Crippen molar-refractivity contribution in [3.63, 3.8) is 0 Å². The number of hydrogen-bond acceptors (Lipinski definition) is 3. The number of fused-ring (bicyclic) bond motifs is 5. The second-order valence-electron chi connectivity index (χ2n) is 23.8. The molecule has 3 nitrogen and oxygen atoms in total. The van der Waals surface area contributed by atoms with Gasteiger partial charge in [0.2, 0.25) is 0 Å². The number of ether oxygens (including phenoxy) is 1. The summed E-state index contributed by atoms with van der Waals surface area (Å²) in [5, 5.41) is 0. The van der Waals surface area contributed by atoms with Gasteiger partial charge in [0.25, 0.3) is 0 Å². The summed E-state index contributed by atoms with van der Waals surface area (Å²) in [6, 6.07) is 0. The predicted molar refractivity (Wildman–Crippen MR) is 305 cm³/mol. The van der Waals surface area contributed by atoms with Gasteiger partial charge < -0.3 is 18.1 Å². The fraction of sp³-hybridized carbons (Fsp3) is 0.909. The molecule has 0 bridgehead atoms. The number of hydrogen-bond donors (Lipinski definition) is 0. The molecule has 8 atom stereocenters. The average molecular weight is 1000 g/mol. The molecular formula is C66H124KO3-. The van der Waals surface area contributed by atoms with Crippen LogP contribution in [-0.2, 0) is 14.3 Å². The van der Waals surface area contributed by atoms with Crippen LogP contribution in [0.15, 0.2) is 11.6 Å². The first-order valence-corrected chi connectivity index (χ1v) is 31.4. The van der Waals surface area contributed by atoms with Gasteiger partial charge in [0.1, 0.15) is 5.78 Å². The van der Waals surface area contributed by atoms with E-state index in [1.807, 2.05) is 27.7 Å². The normalized spacial score (nSPS) is 24.8. The number of Topliss-reactive ketones (excluding diaryl/α,β-unsaturated/α-hetero) is 1. The van der Waals surface area contributed by atoms with Crippen molar-refractivity contribution in [2.75, 3.05) is 6.61 Å². The number of carbonyl (C=O) groups excluding carboxylic acids is 2. The maximum absolute atomic E-state index is 13.2. The Bertz CT molecular complexity index is 1260. The Morgan fingerprint density at radius 2 is 1.26 bits per heavy atom. The largest absolute Gasteiger partial charge is 1.00 e. The third kappa shape index (κ3) is 27.0. The summed E-state index contributed by atoms with van der Waals surface area (Å²) < 4.78 is 5.63. The zero-order chi connectivity index (χ0) is 51.3. The first kappa shape index (κ1) is 70.5. The SMILES string of the molecule is CC.CC.CCCCCC(CCCCC)CCOC(=O)CCCCCCC[CH-]CCCCCCCC(=O)CC1CCC2(C)C(=CCC3C2CCC2(C)C3CCC2[C@H](C)CCCC(C)C)C1.[CH2-]CCC.[K+]. The monoisotopic (exact) mass is 1000 g/mol. The van der Waals surface area contributed by atoms with Crippen molar-refractivity contribution < 1.29 is 65.7 Å². The minimum Gasteiger partial charge on any atom is -0.466 e. The molecule has 0 N–H and O–H groups in total. The van der Waals surface area contributed by atoms with Crippen LogP contribution in [0.25, 0.3) is 0 Å². The summed E-state index contributed by atoms with van der Waals surface area (Å²) in [4.78, 5) is 25.4. The van der Waals surface area contributed by atoms with E-state index in [0.717, 1.165) is 86.4 Å². The van der Waals surface area contributed by atoms with Crippen molar-refractivity contribution in [1.82, 2.24) is 0 Å². The fourth-order valence-corrected chi connectivity index (χ4v) is 13.9. The number of rotatable bonds is 35. The van der Waals surface area contributed by atoms with Crippen LogP contribution in [0.4, 0.5) is 0 Å². The predicted octanol–water partition coefficient (Wildman–Crippen LogP) is 18.7. The molecule has 0 radical (unpaired) electrons. The minimum absolute atomic E-state index is 0. The third-order valence-corrected chi connectivity index (χ3v) is 18.2. The van der Waals surface area contributed by atoms with Gasteiger partial charge in [-0.25, -0.2) is 0 Å². The molecule has 7 unspecified atom stereocenters. The molecule has 408 valence electrons. The zero-order valence-electron chi connectivity index (χ0n) is 50.1. The van der Waals surface area contributed by atoms with Gasteiger partial charge in [-0.05, 0) is 129 Å². The summed E-state index contributed by atoms with van der Waals surface area (Å²) in [5.74, 6) is 7.24. The van der Waals surface area contributed by atoms with Gasteiger partial charge in [-0.2, -0.15) is 19.3 Å². The summed E-state index contributed by atoms with van der Waals surface area (Å²) in [5.41, 5.74) is 2.72. The van der Waals surface area contributed by atoms with Crippen molar-refractivity contribution in [2.24, 2.45) is 58.2 Å². The Morgan fingerprint density at radius 3 is 1.84 bits per heavy atom. The molecule has 0 aromatic rings. The molecule has 0 heterocycles. The Balaban J connectivity index is 0.00000496. The Labute approximate surface area is 483 Å². The standard InChI is InChI=1S/C58H103O3.C4H9.2C2H6.K/c1-8-10-23-30-48(31-24-11-9-2)40-43-61-56(60)33-26-22-20-18-16-14-12-13-15-17-19-21-25-32-51(59)45-49-38-41-57(6)50(44-49)34-35-52-54-37-36-53(47(5)29-27-28-46(3)4)58(54,7)42-39-55(52)57;1-3-4-2;2*1-2;/h12,34,46-49,52-55H,8-11,13-33,35-45H2,1-7H3;1,3-4H2,2H3;2*1-2H3;/q2*-1;;;+1/t47-,49?,52?,53?,54?,55?,57?,58?;;;;/m1..../s1. The molecule has 4 heteroatoms. The van der Waals surface area contributed by atoms with Gasteiger partial charge in [0, 0.05) is 19.3 Å². The maximum Gasteiger partial charge on any atom is 1.00 e. The molecule has 0 spiro atoms. The molecule has 0 aliphatic heterocycles. The van der Waals surface area contributed by atoms with Crippen LogP contribution < -0.4 is 51.4 Å². The first-order chi connectivity index (χ1) is 33.4. The smallest absolute Gasteiger partial charge is 0.466 e. The van der Waals surface area contributed by atoms with E-state index in [1.165, 1.54) is 186 Å².